The van der Waals surface area contributed by atoms with Gasteiger partial charge in [0.1, 0.15) is 0 Å². The van der Waals surface area contributed by atoms with Crippen molar-refractivity contribution in [2.45, 2.75) is 25.8 Å². The summed E-state index contributed by atoms with van der Waals surface area (Å²) < 4.78 is 1.79. The highest BCUT2D eigenvalue weighted by molar-refractivity contribution is 5.92. The van der Waals surface area contributed by atoms with E-state index in [0.29, 0.717) is 0 Å². The average molecular weight is 380 g/mol. The molecule has 8 heteroatoms. The fourth-order valence-electron chi connectivity index (χ4n) is 3.76. The van der Waals surface area contributed by atoms with Gasteiger partial charge in [-0.1, -0.05) is 23.4 Å². The standard InChI is InChI=1S/C20H24N6O2/c1-14-11-19(16-6-2-3-7-17(16)22-14)25-9-4-5-15(12-25)26-13-18(23-24-26)20(28)21-8-10-27/h2-3,6-7,11,13,15,27H,4-5,8-10,12H2,1H3,(H,21,28). The van der Waals surface area contributed by atoms with Crippen LogP contribution in [0.25, 0.3) is 10.9 Å². The quantitative estimate of drug-likeness (QED) is 0.699. The molecule has 1 saturated heterocycles. The third-order valence-electron chi connectivity index (χ3n) is 5.07. The second-order valence-electron chi connectivity index (χ2n) is 7.11. The van der Waals surface area contributed by atoms with Crippen LogP contribution < -0.4 is 10.2 Å². The number of aromatic nitrogens is 4. The Morgan fingerprint density at radius 2 is 2.21 bits per heavy atom. The molecule has 1 aliphatic heterocycles. The smallest absolute Gasteiger partial charge is 0.273 e. The zero-order valence-electron chi connectivity index (χ0n) is 15.9. The lowest BCUT2D eigenvalue weighted by Gasteiger charge is -2.35. The number of nitrogens with one attached hydrogen (secondary N) is 1. The van der Waals surface area contributed by atoms with Gasteiger partial charge in [0.15, 0.2) is 5.69 Å². The van der Waals surface area contributed by atoms with Crippen molar-refractivity contribution in [3.05, 3.63) is 47.9 Å². The van der Waals surface area contributed by atoms with Gasteiger partial charge in [-0.15, -0.1) is 5.10 Å². The monoisotopic (exact) mass is 380 g/mol. The molecule has 2 N–H and O–H groups in total. The summed E-state index contributed by atoms with van der Waals surface area (Å²) in [6.45, 7) is 3.90. The molecule has 1 amide bonds. The van der Waals surface area contributed by atoms with E-state index in [0.717, 1.165) is 42.5 Å². The van der Waals surface area contributed by atoms with E-state index in [1.165, 1.54) is 5.69 Å². The van der Waals surface area contributed by atoms with E-state index in [9.17, 15) is 4.79 Å². The van der Waals surface area contributed by atoms with Gasteiger partial charge in [-0.05, 0) is 31.9 Å². The molecule has 4 rings (SSSR count). The van der Waals surface area contributed by atoms with E-state index in [-0.39, 0.29) is 30.8 Å². The Balaban J connectivity index is 1.56. The maximum atomic E-state index is 12.0. The van der Waals surface area contributed by atoms with Crippen LogP contribution in [0.3, 0.4) is 0 Å². The molecule has 1 aliphatic rings. The molecule has 8 nitrogen and oxygen atoms in total. The molecule has 0 aliphatic carbocycles. The third kappa shape index (κ3) is 3.68. The van der Waals surface area contributed by atoms with Crippen LogP contribution in [0.15, 0.2) is 36.5 Å². The summed E-state index contributed by atoms with van der Waals surface area (Å²) in [5.41, 5.74) is 3.47. The first kappa shape index (κ1) is 18.4. The molecular weight excluding hydrogens is 356 g/mol. The molecule has 28 heavy (non-hydrogen) atoms. The molecule has 146 valence electrons. The van der Waals surface area contributed by atoms with E-state index in [2.05, 4.69) is 37.6 Å². The number of pyridine rings is 1. The third-order valence-corrected chi connectivity index (χ3v) is 5.07. The van der Waals surface area contributed by atoms with Crippen molar-refractivity contribution in [1.82, 2.24) is 25.3 Å². The van der Waals surface area contributed by atoms with Crippen LogP contribution in [0.2, 0.25) is 0 Å². The number of aliphatic hydroxyl groups excluding tert-OH is 1. The summed E-state index contributed by atoms with van der Waals surface area (Å²) in [4.78, 5) is 19.0. The first-order valence-corrected chi connectivity index (χ1v) is 9.58. The first-order chi connectivity index (χ1) is 13.7. The Bertz CT molecular complexity index is 986. The highest BCUT2D eigenvalue weighted by atomic mass is 16.3. The number of aryl methyl sites for hydroxylation is 1. The molecule has 2 aromatic heterocycles. The minimum Gasteiger partial charge on any atom is -0.395 e. The largest absolute Gasteiger partial charge is 0.395 e. The van der Waals surface area contributed by atoms with Crippen LogP contribution in [0.5, 0.6) is 0 Å². The SMILES string of the molecule is Cc1cc(N2CCCC(n3cc(C(=O)NCCO)nn3)C2)c2ccccc2n1. The molecule has 0 bridgehead atoms. The van der Waals surface area contributed by atoms with E-state index in [1.54, 1.807) is 10.9 Å². The minimum atomic E-state index is -0.316. The highest BCUT2D eigenvalue weighted by Crippen LogP contribution is 2.31. The summed E-state index contributed by atoms with van der Waals surface area (Å²) >= 11 is 0. The lowest BCUT2D eigenvalue weighted by molar-refractivity contribution is 0.0939. The molecule has 0 saturated carbocycles. The van der Waals surface area contributed by atoms with E-state index in [1.807, 2.05) is 25.1 Å². The van der Waals surface area contributed by atoms with Crippen LogP contribution in [-0.2, 0) is 0 Å². The molecule has 1 aromatic carbocycles. The normalized spacial score (nSPS) is 17.1. The lowest BCUT2D eigenvalue weighted by Crippen LogP contribution is -2.37. The molecule has 1 fully saturated rings. The Morgan fingerprint density at radius 1 is 1.36 bits per heavy atom. The van der Waals surface area contributed by atoms with Crippen molar-refractivity contribution in [3.8, 4) is 0 Å². The number of anilines is 1. The van der Waals surface area contributed by atoms with Crippen molar-refractivity contribution >= 4 is 22.5 Å². The number of piperidine rings is 1. The van der Waals surface area contributed by atoms with Gasteiger partial charge < -0.3 is 15.3 Å². The first-order valence-electron chi connectivity index (χ1n) is 9.58. The summed E-state index contributed by atoms with van der Waals surface area (Å²) in [5.74, 6) is -0.316. The Labute approximate surface area is 163 Å². The number of aliphatic hydroxyl groups is 1. The Morgan fingerprint density at radius 3 is 3.07 bits per heavy atom. The van der Waals surface area contributed by atoms with Crippen molar-refractivity contribution in [2.24, 2.45) is 0 Å². The van der Waals surface area contributed by atoms with Crippen molar-refractivity contribution < 1.29 is 9.90 Å². The van der Waals surface area contributed by atoms with Gasteiger partial charge in [-0.3, -0.25) is 9.78 Å². The number of carbonyl (C=O) groups excluding carboxylic acids is 1. The molecule has 1 unspecified atom stereocenters. The molecule has 3 heterocycles. The summed E-state index contributed by atoms with van der Waals surface area (Å²) in [5, 5.41) is 20.8. The van der Waals surface area contributed by atoms with Crippen LogP contribution in [0.1, 0.15) is 35.1 Å². The molecule has 0 radical (unpaired) electrons. The zero-order valence-corrected chi connectivity index (χ0v) is 15.9. The molecular formula is C20H24N6O2. The van der Waals surface area contributed by atoms with Crippen LogP contribution >= 0.6 is 0 Å². The second-order valence-corrected chi connectivity index (χ2v) is 7.11. The number of rotatable bonds is 5. The van der Waals surface area contributed by atoms with Gasteiger partial charge >= 0.3 is 0 Å². The number of amides is 1. The van der Waals surface area contributed by atoms with Gasteiger partial charge in [-0.2, -0.15) is 0 Å². The predicted molar refractivity (Wildman–Crippen MR) is 106 cm³/mol. The number of hydrogen-bond donors (Lipinski definition) is 2. The lowest BCUT2D eigenvalue weighted by atomic mass is 10.0. The topological polar surface area (TPSA) is 96.2 Å². The predicted octanol–water partition coefficient (Wildman–Crippen LogP) is 1.70. The summed E-state index contributed by atoms with van der Waals surface area (Å²) in [6, 6.07) is 10.5. The summed E-state index contributed by atoms with van der Waals surface area (Å²) in [7, 11) is 0. The number of para-hydroxylation sites is 1. The summed E-state index contributed by atoms with van der Waals surface area (Å²) in [6.07, 6.45) is 3.71. The van der Waals surface area contributed by atoms with E-state index in [4.69, 9.17) is 5.11 Å². The Kier molecular flexibility index (Phi) is 5.21. The van der Waals surface area contributed by atoms with Gasteiger partial charge in [0.2, 0.25) is 0 Å². The van der Waals surface area contributed by atoms with Gasteiger partial charge in [0.25, 0.3) is 5.91 Å². The minimum absolute atomic E-state index is 0.100. The van der Waals surface area contributed by atoms with Crippen LogP contribution in [0, 0.1) is 6.92 Å². The Hall–Kier alpha value is -3.00. The van der Waals surface area contributed by atoms with E-state index < -0.39 is 0 Å². The maximum Gasteiger partial charge on any atom is 0.273 e. The maximum absolute atomic E-state index is 12.0. The van der Waals surface area contributed by atoms with Crippen molar-refractivity contribution in [2.75, 3.05) is 31.1 Å². The van der Waals surface area contributed by atoms with Crippen LogP contribution in [0.4, 0.5) is 5.69 Å². The number of nitrogens with zero attached hydrogens (tertiary/aromatic N) is 5. The second kappa shape index (κ2) is 7.93. The fourth-order valence-corrected chi connectivity index (χ4v) is 3.76. The number of benzene rings is 1. The van der Waals surface area contributed by atoms with Gasteiger partial charge in [0, 0.05) is 36.4 Å². The fraction of sp³-hybridized carbons (Fsp3) is 0.400. The molecule has 0 spiro atoms. The average Bonchev–Trinajstić information content (AvgIpc) is 3.22. The van der Waals surface area contributed by atoms with Gasteiger partial charge in [0.05, 0.1) is 24.4 Å². The van der Waals surface area contributed by atoms with Crippen LogP contribution in [-0.4, -0.2) is 57.2 Å². The number of carbonyl (C=O) groups is 1. The van der Waals surface area contributed by atoms with Gasteiger partial charge in [-0.25, -0.2) is 4.68 Å². The highest BCUT2D eigenvalue weighted by Gasteiger charge is 2.25. The number of fused-ring (bicyclic) bond motifs is 1. The van der Waals surface area contributed by atoms with Crippen molar-refractivity contribution in [3.63, 3.8) is 0 Å². The van der Waals surface area contributed by atoms with Crippen molar-refractivity contribution in [1.29, 1.82) is 0 Å². The number of hydrogen-bond acceptors (Lipinski definition) is 6. The zero-order chi connectivity index (χ0) is 19.5. The molecule has 3 aromatic rings. The van der Waals surface area contributed by atoms with E-state index >= 15 is 0 Å². The molecule has 1 atom stereocenters.